The normalized spacial score (nSPS) is 16.2. The van der Waals surface area contributed by atoms with Gasteiger partial charge in [0.2, 0.25) is 0 Å². The Bertz CT molecular complexity index is 964. The van der Waals surface area contributed by atoms with E-state index in [2.05, 4.69) is 0 Å². The number of ether oxygens (including phenoxy) is 1. The first-order valence-electron chi connectivity index (χ1n) is 9.16. The van der Waals surface area contributed by atoms with Crippen LogP contribution in [0.15, 0.2) is 78.9 Å². The van der Waals surface area contributed by atoms with Gasteiger partial charge >= 0.3 is 0 Å². The number of benzene rings is 3. The van der Waals surface area contributed by atoms with Gasteiger partial charge in [0.05, 0.1) is 10.6 Å². The fourth-order valence-electron chi connectivity index (χ4n) is 3.24. The molecule has 1 aliphatic heterocycles. The molecule has 0 bridgehead atoms. The number of amides is 1. The van der Waals surface area contributed by atoms with E-state index in [0.717, 1.165) is 22.6 Å². The molecule has 3 nitrogen and oxygen atoms in total. The van der Waals surface area contributed by atoms with Gasteiger partial charge in [0.25, 0.3) is 5.91 Å². The Kier molecular flexibility index (Phi) is 5.89. The number of carbonyl (C=O) groups is 1. The Labute approximate surface area is 174 Å². The van der Waals surface area contributed by atoms with Crippen molar-refractivity contribution in [3.8, 4) is 5.75 Å². The van der Waals surface area contributed by atoms with Gasteiger partial charge in [-0.1, -0.05) is 66.2 Å². The molecule has 4 rings (SSSR count). The minimum Gasteiger partial charge on any atom is -0.489 e. The van der Waals surface area contributed by atoms with Crippen LogP contribution in [0.25, 0.3) is 0 Å². The number of carbonyl (C=O) groups excluding carboxylic acids is 1. The maximum atomic E-state index is 13.0. The SMILES string of the molecule is O=C(c1ccccc1Cl)N1CCS[C@@H]1c1cccc(OCc2ccccc2)c1. The fourth-order valence-corrected chi connectivity index (χ4v) is 4.70. The third-order valence-electron chi connectivity index (χ3n) is 4.65. The lowest BCUT2D eigenvalue weighted by atomic mass is 10.1. The Morgan fingerprint density at radius 3 is 2.64 bits per heavy atom. The summed E-state index contributed by atoms with van der Waals surface area (Å²) in [7, 11) is 0. The zero-order chi connectivity index (χ0) is 19.3. The third kappa shape index (κ3) is 4.18. The molecule has 3 aromatic carbocycles. The van der Waals surface area contributed by atoms with Crippen LogP contribution in [0, 0.1) is 0 Å². The average Bonchev–Trinajstić information content (AvgIpc) is 3.23. The summed E-state index contributed by atoms with van der Waals surface area (Å²) in [6, 6.07) is 25.3. The summed E-state index contributed by atoms with van der Waals surface area (Å²) < 4.78 is 5.96. The van der Waals surface area contributed by atoms with E-state index in [1.165, 1.54) is 0 Å². The Balaban J connectivity index is 1.51. The molecule has 0 radical (unpaired) electrons. The third-order valence-corrected chi connectivity index (χ3v) is 6.24. The van der Waals surface area contributed by atoms with E-state index in [9.17, 15) is 4.79 Å². The van der Waals surface area contributed by atoms with E-state index < -0.39 is 0 Å². The topological polar surface area (TPSA) is 29.5 Å². The molecule has 0 N–H and O–H groups in total. The van der Waals surface area contributed by atoms with E-state index in [-0.39, 0.29) is 11.3 Å². The molecule has 1 amide bonds. The quantitative estimate of drug-likeness (QED) is 0.532. The first-order valence-corrected chi connectivity index (χ1v) is 10.6. The molecule has 1 heterocycles. The number of hydrogen-bond donors (Lipinski definition) is 0. The fraction of sp³-hybridized carbons (Fsp3) is 0.174. The largest absolute Gasteiger partial charge is 0.489 e. The minimum absolute atomic E-state index is 0.0313. The first-order chi connectivity index (χ1) is 13.7. The first kappa shape index (κ1) is 18.9. The van der Waals surface area contributed by atoms with Crippen LogP contribution in [0.4, 0.5) is 0 Å². The van der Waals surface area contributed by atoms with Gasteiger partial charge in [-0.3, -0.25) is 4.79 Å². The number of hydrogen-bond acceptors (Lipinski definition) is 3. The monoisotopic (exact) mass is 409 g/mol. The lowest BCUT2D eigenvalue weighted by molar-refractivity contribution is 0.0760. The maximum Gasteiger partial charge on any atom is 0.256 e. The van der Waals surface area contributed by atoms with Gasteiger partial charge in [0, 0.05) is 12.3 Å². The van der Waals surface area contributed by atoms with Crippen molar-refractivity contribution in [1.29, 1.82) is 0 Å². The second-order valence-corrected chi connectivity index (χ2v) is 8.14. The second-order valence-electron chi connectivity index (χ2n) is 6.55. The summed E-state index contributed by atoms with van der Waals surface area (Å²) in [5, 5.41) is 0.451. The van der Waals surface area contributed by atoms with Crippen LogP contribution < -0.4 is 4.74 Å². The summed E-state index contributed by atoms with van der Waals surface area (Å²) in [6.07, 6.45) is 0. The Morgan fingerprint density at radius 1 is 1.04 bits per heavy atom. The van der Waals surface area contributed by atoms with Gasteiger partial charge in [0.1, 0.15) is 17.7 Å². The molecule has 28 heavy (non-hydrogen) atoms. The Morgan fingerprint density at radius 2 is 1.82 bits per heavy atom. The van der Waals surface area contributed by atoms with Crippen LogP contribution in [-0.4, -0.2) is 23.1 Å². The molecular formula is C23H20ClNO2S. The summed E-state index contributed by atoms with van der Waals surface area (Å²) in [5.74, 6) is 1.67. The Hall–Kier alpha value is -2.43. The van der Waals surface area contributed by atoms with Crippen molar-refractivity contribution in [3.05, 3.63) is 101 Å². The molecule has 3 aromatic rings. The highest BCUT2D eigenvalue weighted by Crippen LogP contribution is 2.40. The zero-order valence-electron chi connectivity index (χ0n) is 15.3. The summed E-state index contributed by atoms with van der Waals surface area (Å²) in [4.78, 5) is 14.9. The summed E-state index contributed by atoms with van der Waals surface area (Å²) >= 11 is 8.00. The highest BCUT2D eigenvalue weighted by atomic mass is 35.5. The number of nitrogens with zero attached hydrogens (tertiary/aromatic N) is 1. The van der Waals surface area contributed by atoms with Crippen molar-refractivity contribution in [2.45, 2.75) is 12.0 Å². The zero-order valence-corrected chi connectivity index (χ0v) is 16.8. The predicted molar refractivity (Wildman–Crippen MR) is 115 cm³/mol. The smallest absolute Gasteiger partial charge is 0.256 e. The molecule has 0 saturated carbocycles. The van der Waals surface area contributed by atoms with E-state index >= 15 is 0 Å². The van der Waals surface area contributed by atoms with Crippen LogP contribution >= 0.6 is 23.4 Å². The molecule has 1 aliphatic rings. The molecule has 1 fully saturated rings. The van der Waals surface area contributed by atoms with Crippen molar-refractivity contribution in [3.63, 3.8) is 0 Å². The molecular weight excluding hydrogens is 390 g/mol. The number of rotatable bonds is 5. The molecule has 0 aromatic heterocycles. The highest BCUT2D eigenvalue weighted by Gasteiger charge is 2.32. The second kappa shape index (κ2) is 8.72. The van der Waals surface area contributed by atoms with Crippen LogP contribution in [0.5, 0.6) is 5.75 Å². The van der Waals surface area contributed by atoms with Crippen LogP contribution in [0.3, 0.4) is 0 Å². The van der Waals surface area contributed by atoms with E-state index in [4.69, 9.17) is 16.3 Å². The van der Waals surface area contributed by atoms with Gasteiger partial charge in [-0.2, -0.15) is 0 Å². The van der Waals surface area contributed by atoms with Gasteiger partial charge in [-0.05, 0) is 35.4 Å². The molecule has 1 saturated heterocycles. The van der Waals surface area contributed by atoms with Crippen molar-refractivity contribution >= 4 is 29.3 Å². The number of thioether (sulfide) groups is 1. The lowest BCUT2D eigenvalue weighted by Gasteiger charge is -2.25. The van der Waals surface area contributed by atoms with E-state index in [0.29, 0.717) is 23.7 Å². The van der Waals surface area contributed by atoms with Crippen molar-refractivity contribution in [1.82, 2.24) is 4.90 Å². The molecule has 0 unspecified atom stereocenters. The van der Waals surface area contributed by atoms with Gasteiger partial charge in [-0.15, -0.1) is 11.8 Å². The van der Waals surface area contributed by atoms with Crippen molar-refractivity contribution in [2.75, 3.05) is 12.3 Å². The molecule has 142 valence electrons. The summed E-state index contributed by atoms with van der Waals surface area (Å²) in [6.45, 7) is 1.22. The maximum absolute atomic E-state index is 13.0. The molecule has 0 spiro atoms. The molecule has 1 atom stereocenters. The summed E-state index contributed by atoms with van der Waals surface area (Å²) in [5.41, 5.74) is 2.74. The molecule has 5 heteroatoms. The van der Waals surface area contributed by atoms with Crippen LogP contribution in [0.2, 0.25) is 5.02 Å². The minimum atomic E-state index is -0.0379. The lowest BCUT2D eigenvalue weighted by Crippen LogP contribution is -2.30. The van der Waals surface area contributed by atoms with Crippen LogP contribution in [0.1, 0.15) is 26.9 Å². The van der Waals surface area contributed by atoms with Gasteiger partial charge in [-0.25, -0.2) is 0 Å². The van der Waals surface area contributed by atoms with Crippen molar-refractivity contribution < 1.29 is 9.53 Å². The van der Waals surface area contributed by atoms with E-state index in [1.54, 1.807) is 23.9 Å². The van der Waals surface area contributed by atoms with Gasteiger partial charge < -0.3 is 9.64 Å². The average molecular weight is 410 g/mol. The van der Waals surface area contributed by atoms with Gasteiger partial charge in [0.15, 0.2) is 0 Å². The molecule has 0 aliphatic carbocycles. The standard InChI is InChI=1S/C23H20ClNO2S/c24-21-12-5-4-11-20(21)22(26)25-13-14-28-23(25)18-9-6-10-19(15-18)27-16-17-7-2-1-3-8-17/h1-12,15,23H,13-14,16H2/t23-/m1/s1. The number of halogens is 1. The van der Waals surface area contributed by atoms with Crippen LogP contribution in [-0.2, 0) is 6.61 Å². The van der Waals surface area contributed by atoms with Crippen molar-refractivity contribution in [2.24, 2.45) is 0 Å². The predicted octanol–water partition coefficient (Wildman–Crippen LogP) is 5.81. The van der Waals surface area contributed by atoms with E-state index in [1.807, 2.05) is 71.6 Å². The highest BCUT2D eigenvalue weighted by molar-refractivity contribution is 7.99.